The highest BCUT2D eigenvalue weighted by molar-refractivity contribution is 5.98. The Morgan fingerprint density at radius 3 is 2.29 bits per heavy atom. The second kappa shape index (κ2) is 7.20. The molecule has 2 rings (SSSR count). The number of pyridine rings is 1. The molecule has 0 radical (unpaired) electrons. The fraction of sp³-hybridized carbons (Fsp3) is 0.235. The number of hydrogen-bond acceptors (Lipinski definition) is 5. The number of hydrogen-bond donors (Lipinski definition) is 4. The van der Waals surface area contributed by atoms with Gasteiger partial charge in [-0.2, -0.15) is 0 Å². The van der Waals surface area contributed by atoms with Gasteiger partial charge in [0.25, 0.3) is 11.8 Å². The Morgan fingerprint density at radius 2 is 1.79 bits per heavy atom. The average Bonchev–Trinajstić information content (AvgIpc) is 2.58. The smallest absolute Gasteiger partial charge is 0.268 e. The molecule has 126 valence electrons. The van der Waals surface area contributed by atoms with Crippen LogP contribution in [0.1, 0.15) is 24.2 Å². The number of rotatable bonds is 5. The van der Waals surface area contributed by atoms with Gasteiger partial charge < -0.3 is 10.4 Å². The van der Waals surface area contributed by atoms with Crippen LogP contribution in [-0.4, -0.2) is 38.8 Å². The zero-order valence-corrected chi connectivity index (χ0v) is 13.4. The molecule has 2 amide bonds. The van der Waals surface area contributed by atoms with E-state index in [-0.39, 0.29) is 0 Å². The molecule has 1 aromatic carbocycles. The van der Waals surface area contributed by atoms with Gasteiger partial charge in [-0.1, -0.05) is 18.2 Å². The lowest BCUT2D eigenvalue weighted by Gasteiger charge is -2.28. The monoisotopic (exact) mass is 329 g/mol. The summed E-state index contributed by atoms with van der Waals surface area (Å²) in [6.07, 6.45) is 3.39. The minimum atomic E-state index is -1.54. The third-order valence-electron chi connectivity index (χ3n) is 3.50. The number of aromatic nitrogens is 1. The summed E-state index contributed by atoms with van der Waals surface area (Å²) < 4.78 is 0. The van der Waals surface area contributed by atoms with Crippen LogP contribution in [0.25, 0.3) is 11.1 Å². The third kappa shape index (κ3) is 4.15. The molecule has 7 nitrogen and oxygen atoms in total. The molecule has 0 saturated carbocycles. The van der Waals surface area contributed by atoms with Crippen molar-refractivity contribution in [3.05, 3.63) is 54.4 Å². The van der Waals surface area contributed by atoms with Crippen molar-refractivity contribution in [3.63, 3.8) is 0 Å². The van der Waals surface area contributed by atoms with Crippen molar-refractivity contribution in [2.75, 3.05) is 0 Å². The van der Waals surface area contributed by atoms with E-state index in [1.165, 1.54) is 19.3 Å². The van der Waals surface area contributed by atoms with Crippen molar-refractivity contribution >= 4 is 11.8 Å². The van der Waals surface area contributed by atoms with Crippen LogP contribution in [0.4, 0.5) is 0 Å². The Kier molecular flexibility index (Phi) is 5.28. The van der Waals surface area contributed by atoms with Crippen molar-refractivity contribution in [2.24, 2.45) is 0 Å². The van der Waals surface area contributed by atoms with Crippen LogP contribution in [0.2, 0.25) is 0 Å². The molecule has 1 atom stereocenters. The van der Waals surface area contributed by atoms with E-state index in [0.29, 0.717) is 5.56 Å². The molecule has 0 fully saturated rings. The molecular formula is C17H19N3O4. The minimum absolute atomic E-state index is 0.322. The number of amides is 2. The maximum Gasteiger partial charge on any atom is 0.268 e. The number of aliphatic hydroxyl groups is 1. The summed E-state index contributed by atoms with van der Waals surface area (Å²) in [4.78, 5) is 27.9. The lowest BCUT2D eigenvalue weighted by molar-refractivity contribution is -0.136. The SMILES string of the molecule is CC(C)(O)[C@H](NC(=O)c1ccc(-c2cccnc2)cc1)C(=O)NO. The molecular weight excluding hydrogens is 310 g/mol. The largest absolute Gasteiger partial charge is 0.388 e. The number of nitrogens with zero attached hydrogens (tertiary/aromatic N) is 1. The molecule has 0 aliphatic carbocycles. The summed E-state index contributed by atoms with van der Waals surface area (Å²) in [7, 11) is 0. The summed E-state index contributed by atoms with van der Waals surface area (Å²) in [5.74, 6) is -1.44. The Bertz CT molecular complexity index is 709. The Balaban J connectivity index is 2.16. The standard InChI is InChI=1S/C17H19N3O4/c1-17(2,23)14(16(22)20-24)19-15(21)12-7-5-11(6-8-12)13-4-3-9-18-10-13/h3-10,14,23-24H,1-2H3,(H,19,21)(H,20,22)/t14-/m1/s1. The molecule has 0 saturated heterocycles. The topological polar surface area (TPSA) is 112 Å². The van der Waals surface area contributed by atoms with Crippen LogP contribution in [0, 0.1) is 0 Å². The summed E-state index contributed by atoms with van der Waals surface area (Å²) >= 11 is 0. The highest BCUT2D eigenvalue weighted by Crippen LogP contribution is 2.18. The van der Waals surface area contributed by atoms with E-state index in [1.54, 1.807) is 36.7 Å². The van der Waals surface area contributed by atoms with Crippen molar-refractivity contribution in [1.29, 1.82) is 0 Å². The predicted molar refractivity (Wildman–Crippen MR) is 87.2 cm³/mol. The van der Waals surface area contributed by atoms with Crippen molar-refractivity contribution in [1.82, 2.24) is 15.8 Å². The number of nitrogens with one attached hydrogen (secondary N) is 2. The van der Waals surface area contributed by atoms with E-state index >= 15 is 0 Å². The normalized spacial score (nSPS) is 12.3. The van der Waals surface area contributed by atoms with E-state index in [0.717, 1.165) is 11.1 Å². The first-order valence-corrected chi connectivity index (χ1v) is 7.30. The Labute approximate surface area is 139 Å². The molecule has 0 bridgehead atoms. The van der Waals surface area contributed by atoms with Gasteiger partial charge in [0.15, 0.2) is 0 Å². The average molecular weight is 329 g/mol. The van der Waals surface area contributed by atoms with Crippen LogP contribution >= 0.6 is 0 Å². The van der Waals surface area contributed by atoms with Gasteiger partial charge in [0.2, 0.25) is 0 Å². The fourth-order valence-electron chi connectivity index (χ4n) is 2.19. The van der Waals surface area contributed by atoms with Crippen molar-refractivity contribution < 1.29 is 19.9 Å². The third-order valence-corrected chi connectivity index (χ3v) is 3.50. The molecule has 0 unspecified atom stereocenters. The van der Waals surface area contributed by atoms with Gasteiger partial charge in [-0.05, 0) is 43.2 Å². The van der Waals surface area contributed by atoms with E-state index in [9.17, 15) is 14.7 Å². The van der Waals surface area contributed by atoms with Crippen molar-refractivity contribution in [2.45, 2.75) is 25.5 Å². The van der Waals surface area contributed by atoms with Gasteiger partial charge in [0, 0.05) is 18.0 Å². The van der Waals surface area contributed by atoms with Gasteiger partial charge in [-0.3, -0.25) is 19.8 Å². The summed E-state index contributed by atoms with van der Waals surface area (Å²) in [6, 6.07) is 9.16. The first-order chi connectivity index (χ1) is 11.3. The van der Waals surface area contributed by atoms with Crippen LogP contribution in [0.3, 0.4) is 0 Å². The summed E-state index contributed by atoms with van der Waals surface area (Å²) in [5.41, 5.74) is 2.03. The van der Waals surface area contributed by atoms with Gasteiger partial charge >= 0.3 is 0 Å². The second-order valence-corrected chi connectivity index (χ2v) is 5.86. The molecule has 0 spiro atoms. The fourth-order valence-corrected chi connectivity index (χ4v) is 2.19. The number of benzene rings is 1. The summed E-state index contributed by atoms with van der Waals surface area (Å²) in [6.45, 7) is 2.72. The molecule has 4 N–H and O–H groups in total. The number of hydroxylamine groups is 1. The quantitative estimate of drug-likeness (QED) is 0.485. The minimum Gasteiger partial charge on any atom is -0.388 e. The van der Waals surface area contributed by atoms with Gasteiger partial charge in [-0.25, -0.2) is 5.48 Å². The maximum absolute atomic E-state index is 12.3. The van der Waals surface area contributed by atoms with Gasteiger partial charge in [0.1, 0.15) is 6.04 Å². The lowest BCUT2D eigenvalue weighted by atomic mass is 9.97. The molecule has 24 heavy (non-hydrogen) atoms. The zero-order valence-electron chi connectivity index (χ0n) is 13.4. The van der Waals surface area contributed by atoms with Gasteiger partial charge in [-0.15, -0.1) is 0 Å². The highest BCUT2D eigenvalue weighted by atomic mass is 16.5. The summed E-state index contributed by atoms with van der Waals surface area (Å²) in [5, 5.41) is 21.1. The Morgan fingerprint density at radius 1 is 1.12 bits per heavy atom. The second-order valence-electron chi connectivity index (χ2n) is 5.86. The highest BCUT2D eigenvalue weighted by Gasteiger charge is 2.34. The molecule has 0 aliphatic rings. The van der Waals surface area contributed by atoms with Crippen molar-refractivity contribution in [3.8, 4) is 11.1 Å². The molecule has 7 heteroatoms. The van der Waals surface area contributed by atoms with Crippen LogP contribution in [0.5, 0.6) is 0 Å². The van der Waals surface area contributed by atoms with Crippen LogP contribution in [0.15, 0.2) is 48.8 Å². The molecule has 1 heterocycles. The maximum atomic E-state index is 12.3. The first-order valence-electron chi connectivity index (χ1n) is 7.30. The van der Waals surface area contributed by atoms with E-state index < -0.39 is 23.5 Å². The van der Waals surface area contributed by atoms with E-state index in [2.05, 4.69) is 10.3 Å². The first kappa shape index (κ1) is 17.6. The molecule has 2 aromatic rings. The van der Waals surface area contributed by atoms with Gasteiger partial charge in [0.05, 0.1) is 5.60 Å². The molecule has 1 aromatic heterocycles. The number of carbonyl (C=O) groups is 2. The van der Waals surface area contributed by atoms with E-state index in [4.69, 9.17) is 5.21 Å². The van der Waals surface area contributed by atoms with Crippen LogP contribution in [-0.2, 0) is 4.79 Å². The predicted octanol–water partition coefficient (Wildman–Crippen LogP) is 1.12. The molecule has 0 aliphatic heterocycles. The Hall–Kier alpha value is -2.77. The zero-order chi connectivity index (χ0) is 17.7. The number of carbonyl (C=O) groups excluding carboxylic acids is 2. The van der Waals surface area contributed by atoms with Crippen LogP contribution < -0.4 is 10.8 Å². The lowest BCUT2D eigenvalue weighted by Crippen LogP contribution is -2.57. The van der Waals surface area contributed by atoms with E-state index in [1.807, 2.05) is 12.1 Å².